The topological polar surface area (TPSA) is 96.5 Å². The van der Waals surface area contributed by atoms with Gasteiger partial charge in [0.2, 0.25) is 0 Å². The van der Waals surface area contributed by atoms with Gasteiger partial charge < -0.3 is 10.3 Å². The second-order valence-corrected chi connectivity index (χ2v) is 5.60. The fraction of sp³-hybridized carbons (Fsp3) is 0. The summed E-state index contributed by atoms with van der Waals surface area (Å²) in [6, 6.07) is 6.80. The van der Waals surface area contributed by atoms with E-state index in [0.29, 0.717) is 22.5 Å². The predicted molar refractivity (Wildman–Crippen MR) is 94.3 cm³/mol. The Balaban J connectivity index is 1.71. The molecule has 0 radical (unpaired) electrons. The molecule has 0 fully saturated rings. The van der Waals surface area contributed by atoms with Crippen LogP contribution >= 0.6 is 11.6 Å². The molecular weight excluding hydrogens is 340 g/mol. The molecule has 4 aromatic heterocycles. The highest BCUT2D eigenvalue weighted by atomic mass is 35.5. The summed E-state index contributed by atoms with van der Waals surface area (Å²) in [4.78, 5) is 32.0. The average Bonchev–Trinajstić information content (AvgIpc) is 3.06. The summed E-state index contributed by atoms with van der Waals surface area (Å²) in [6.07, 6.45) is 8.11. The lowest BCUT2D eigenvalue weighted by atomic mass is 10.1. The van der Waals surface area contributed by atoms with Gasteiger partial charge in [-0.3, -0.25) is 14.8 Å². The van der Waals surface area contributed by atoms with Crippen LogP contribution in [-0.2, 0) is 0 Å². The van der Waals surface area contributed by atoms with Gasteiger partial charge in [-0.25, -0.2) is 9.97 Å². The van der Waals surface area contributed by atoms with E-state index in [1.807, 2.05) is 0 Å². The van der Waals surface area contributed by atoms with Gasteiger partial charge in [-0.15, -0.1) is 0 Å². The van der Waals surface area contributed by atoms with Crippen LogP contribution < -0.4 is 5.32 Å². The van der Waals surface area contributed by atoms with Gasteiger partial charge in [-0.2, -0.15) is 0 Å². The highest BCUT2D eigenvalue weighted by Gasteiger charge is 2.12. The minimum atomic E-state index is -0.312. The van der Waals surface area contributed by atoms with Crippen molar-refractivity contribution < 1.29 is 4.79 Å². The standard InChI is InChI=1S/C17H11ClN6O/c18-13-6-11(12-9-22-16-15(12)20-4-5-21-16)7-14(23-13)24-17(25)10-2-1-3-19-8-10/h1-9H,(H,21,22)(H,23,24,25). The van der Waals surface area contributed by atoms with Crippen LogP contribution in [0.15, 0.2) is 55.2 Å². The van der Waals surface area contributed by atoms with E-state index in [2.05, 4.69) is 30.2 Å². The van der Waals surface area contributed by atoms with Crippen molar-refractivity contribution in [2.24, 2.45) is 0 Å². The van der Waals surface area contributed by atoms with Crippen molar-refractivity contribution in [3.8, 4) is 11.1 Å². The molecule has 0 aliphatic heterocycles. The van der Waals surface area contributed by atoms with Crippen molar-refractivity contribution in [3.05, 3.63) is 66.0 Å². The van der Waals surface area contributed by atoms with E-state index in [1.54, 1.807) is 49.1 Å². The molecule has 0 bridgehead atoms. The summed E-state index contributed by atoms with van der Waals surface area (Å²) in [6.45, 7) is 0. The zero-order chi connectivity index (χ0) is 17.2. The highest BCUT2D eigenvalue weighted by Crippen LogP contribution is 2.29. The fourth-order valence-corrected chi connectivity index (χ4v) is 2.68. The monoisotopic (exact) mass is 350 g/mol. The number of amides is 1. The van der Waals surface area contributed by atoms with Crippen LogP contribution in [0.3, 0.4) is 0 Å². The summed E-state index contributed by atoms with van der Waals surface area (Å²) in [7, 11) is 0. The number of fused-ring (bicyclic) bond motifs is 1. The van der Waals surface area contributed by atoms with Crippen molar-refractivity contribution in [2.75, 3.05) is 5.32 Å². The molecule has 0 aliphatic carbocycles. The molecule has 4 rings (SSSR count). The Hall–Kier alpha value is -3.32. The first-order valence-corrected chi connectivity index (χ1v) is 7.76. The number of aromatic nitrogens is 5. The summed E-state index contributed by atoms with van der Waals surface area (Å²) in [5.74, 6) is 0.0297. The Bertz CT molecular complexity index is 1060. The van der Waals surface area contributed by atoms with Crippen LogP contribution in [0.1, 0.15) is 10.4 Å². The zero-order valence-corrected chi connectivity index (χ0v) is 13.5. The lowest BCUT2D eigenvalue weighted by Gasteiger charge is -2.07. The summed E-state index contributed by atoms with van der Waals surface area (Å²) >= 11 is 6.13. The third kappa shape index (κ3) is 3.05. The van der Waals surface area contributed by atoms with Gasteiger partial charge in [0, 0.05) is 36.5 Å². The number of carbonyl (C=O) groups excluding carboxylic acids is 1. The molecule has 2 N–H and O–H groups in total. The highest BCUT2D eigenvalue weighted by molar-refractivity contribution is 6.30. The summed E-state index contributed by atoms with van der Waals surface area (Å²) in [5, 5.41) is 2.99. The van der Waals surface area contributed by atoms with Gasteiger partial charge in [0.25, 0.3) is 5.91 Å². The maximum atomic E-state index is 12.3. The molecule has 0 saturated carbocycles. The quantitative estimate of drug-likeness (QED) is 0.552. The first kappa shape index (κ1) is 15.2. The van der Waals surface area contributed by atoms with E-state index < -0.39 is 0 Å². The molecule has 25 heavy (non-hydrogen) atoms. The Labute approximate surface area is 147 Å². The van der Waals surface area contributed by atoms with Gasteiger partial charge in [0.15, 0.2) is 5.65 Å². The number of H-pyrrole nitrogens is 1. The zero-order valence-electron chi connectivity index (χ0n) is 12.8. The summed E-state index contributed by atoms with van der Waals surface area (Å²) < 4.78 is 0. The fourth-order valence-electron chi connectivity index (χ4n) is 2.47. The van der Waals surface area contributed by atoms with E-state index in [1.165, 1.54) is 6.20 Å². The van der Waals surface area contributed by atoms with Crippen LogP contribution in [-0.4, -0.2) is 30.8 Å². The van der Waals surface area contributed by atoms with Crippen LogP contribution in [0, 0.1) is 0 Å². The minimum Gasteiger partial charge on any atom is -0.344 e. The number of aromatic amines is 1. The van der Waals surface area contributed by atoms with Crippen LogP contribution in [0.5, 0.6) is 0 Å². The molecule has 4 heterocycles. The van der Waals surface area contributed by atoms with Gasteiger partial charge in [0.05, 0.1) is 5.56 Å². The van der Waals surface area contributed by atoms with Crippen LogP contribution in [0.25, 0.3) is 22.3 Å². The number of nitrogens with one attached hydrogen (secondary N) is 2. The molecule has 0 aliphatic rings. The number of nitrogens with zero attached hydrogens (tertiary/aromatic N) is 4. The maximum absolute atomic E-state index is 12.3. The van der Waals surface area contributed by atoms with E-state index in [4.69, 9.17) is 11.6 Å². The lowest BCUT2D eigenvalue weighted by molar-refractivity contribution is 0.102. The van der Waals surface area contributed by atoms with Gasteiger partial charge >= 0.3 is 0 Å². The van der Waals surface area contributed by atoms with E-state index >= 15 is 0 Å². The summed E-state index contributed by atoms with van der Waals surface area (Å²) in [5.41, 5.74) is 3.42. The second-order valence-electron chi connectivity index (χ2n) is 5.22. The minimum absolute atomic E-state index is 0.261. The van der Waals surface area contributed by atoms with Crippen molar-refractivity contribution in [1.82, 2.24) is 24.9 Å². The first-order valence-electron chi connectivity index (χ1n) is 7.38. The molecule has 0 aromatic carbocycles. The van der Waals surface area contributed by atoms with Crippen molar-refractivity contribution in [3.63, 3.8) is 0 Å². The normalized spacial score (nSPS) is 10.8. The molecule has 122 valence electrons. The van der Waals surface area contributed by atoms with Crippen molar-refractivity contribution in [2.45, 2.75) is 0 Å². The number of halogens is 1. The molecule has 0 unspecified atom stereocenters. The van der Waals surface area contributed by atoms with Crippen LogP contribution in [0.2, 0.25) is 5.15 Å². The van der Waals surface area contributed by atoms with Crippen molar-refractivity contribution in [1.29, 1.82) is 0 Å². The van der Waals surface area contributed by atoms with E-state index in [0.717, 1.165) is 11.1 Å². The van der Waals surface area contributed by atoms with E-state index in [-0.39, 0.29) is 11.1 Å². The Morgan fingerprint density at radius 1 is 1.16 bits per heavy atom. The molecule has 0 spiro atoms. The number of hydrogen-bond donors (Lipinski definition) is 2. The van der Waals surface area contributed by atoms with E-state index in [9.17, 15) is 4.79 Å². The average molecular weight is 351 g/mol. The van der Waals surface area contributed by atoms with Gasteiger partial charge in [-0.05, 0) is 29.8 Å². The SMILES string of the molecule is O=C(Nc1cc(-c2c[nH]c3nccnc23)cc(Cl)n1)c1cccnc1. The molecule has 7 nitrogen and oxygen atoms in total. The third-order valence-electron chi connectivity index (χ3n) is 3.58. The van der Waals surface area contributed by atoms with Gasteiger partial charge in [0.1, 0.15) is 16.5 Å². The third-order valence-corrected chi connectivity index (χ3v) is 3.77. The molecule has 8 heteroatoms. The maximum Gasteiger partial charge on any atom is 0.258 e. The molecular formula is C17H11ClN6O. The van der Waals surface area contributed by atoms with Crippen LogP contribution in [0.4, 0.5) is 5.82 Å². The van der Waals surface area contributed by atoms with Gasteiger partial charge in [-0.1, -0.05) is 11.6 Å². The molecule has 0 saturated heterocycles. The Morgan fingerprint density at radius 3 is 2.88 bits per heavy atom. The Kier molecular flexibility index (Phi) is 3.83. The van der Waals surface area contributed by atoms with Crippen molar-refractivity contribution >= 4 is 34.5 Å². The number of pyridine rings is 2. The number of hydrogen-bond acceptors (Lipinski definition) is 5. The largest absolute Gasteiger partial charge is 0.344 e. The number of anilines is 1. The lowest BCUT2D eigenvalue weighted by Crippen LogP contribution is -2.13. The number of carbonyl (C=O) groups is 1. The molecule has 4 aromatic rings. The molecule has 0 atom stereocenters. The predicted octanol–water partition coefficient (Wildman–Crippen LogP) is 3.32. The molecule has 1 amide bonds. The smallest absolute Gasteiger partial charge is 0.258 e. The first-order chi connectivity index (χ1) is 12.2. The number of rotatable bonds is 3. The Morgan fingerprint density at radius 2 is 2.04 bits per heavy atom. The second kappa shape index (κ2) is 6.29.